The van der Waals surface area contributed by atoms with Gasteiger partial charge in [-0.15, -0.1) is 22.9 Å². The number of imidazole rings is 1. The molecule has 0 aromatic carbocycles. The summed E-state index contributed by atoms with van der Waals surface area (Å²) >= 11 is 7.90. The van der Waals surface area contributed by atoms with Crippen LogP contribution in [-0.2, 0) is 6.42 Å². The first-order chi connectivity index (χ1) is 7.20. The van der Waals surface area contributed by atoms with Crippen LogP contribution in [-0.4, -0.2) is 14.8 Å². The molecule has 15 heavy (non-hydrogen) atoms. The number of halogens is 1. The van der Waals surface area contributed by atoms with E-state index in [2.05, 4.69) is 34.1 Å². The Balaban J connectivity index is 1.86. The maximum absolute atomic E-state index is 6.22. The predicted octanol–water partition coefficient (Wildman–Crippen LogP) is 3.35. The summed E-state index contributed by atoms with van der Waals surface area (Å²) in [6, 6.07) is 0. The second kappa shape index (κ2) is 3.22. The molecule has 1 aliphatic rings. The minimum atomic E-state index is 0.261. The molecule has 0 bridgehead atoms. The molecule has 2 nitrogen and oxygen atoms in total. The van der Waals surface area contributed by atoms with E-state index in [4.69, 9.17) is 11.6 Å². The van der Waals surface area contributed by atoms with Gasteiger partial charge in [0, 0.05) is 23.2 Å². The van der Waals surface area contributed by atoms with E-state index in [1.54, 1.807) is 11.3 Å². The van der Waals surface area contributed by atoms with Crippen LogP contribution in [0.3, 0.4) is 0 Å². The van der Waals surface area contributed by atoms with E-state index in [1.165, 1.54) is 18.5 Å². The Labute approximate surface area is 97.9 Å². The van der Waals surface area contributed by atoms with E-state index < -0.39 is 0 Å². The molecule has 1 fully saturated rings. The molecule has 0 N–H and O–H groups in total. The van der Waals surface area contributed by atoms with Crippen molar-refractivity contribution >= 4 is 27.9 Å². The molecular formula is C11H13ClN2S. The topological polar surface area (TPSA) is 17.3 Å². The van der Waals surface area contributed by atoms with E-state index in [9.17, 15) is 0 Å². The number of hydrogen-bond acceptors (Lipinski definition) is 2. The minimum absolute atomic E-state index is 0.261. The van der Waals surface area contributed by atoms with Crippen LogP contribution in [0.15, 0.2) is 17.8 Å². The molecule has 4 heteroatoms. The van der Waals surface area contributed by atoms with Gasteiger partial charge in [0.1, 0.15) is 0 Å². The fraction of sp³-hybridized carbons (Fsp3) is 0.545. The molecule has 0 amide bonds. The Kier molecular flexibility index (Phi) is 2.08. The molecule has 80 valence electrons. The Morgan fingerprint density at radius 2 is 2.47 bits per heavy atom. The van der Waals surface area contributed by atoms with Crippen molar-refractivity contribution in [2.24, 2.45) is 5.41 Å². The molecular weight excluding hydrogens is 228 g/mol. The van der Waals surface area contributed by atoms with Gasteiger partial charge in [0.2, 0.25) is 0 Å². The Bertz CT molecular complexity index is 453. The minimum Gasteiger partial charge on any atom is -0.297 e. The van der Waals surface area contributed by atoms with Crippen LogP contribution in [0.2, 0.25) is 0 Å². The van der Waals surface area contributed by atoms with Crippen molar-refractivity contribution in [2.45, 2.75) is 31.6 Å². The van der Waals surface area contributed by atoms with Crippen molar-refractivity contribution in [3.8, 4) is 0 Å². The molecule has 2 aromatic heterocycles. The molecule has 0 spiro atoms. The first-order valence-electron chi connectivity index (χ1n) is 5.25. The van der Waals surface area contributed by atoms with Gasteiger partial charge in [0.25, 0.3) is 0 Å². The maximum atomic E-state index is 6.22. The molecule has 1 aliphatic carbocycles. The van der Waals surface area contributed by atoms with E-state index in [1.807, 2.05) is 0 Å². The third-order valence-electron chi connectivity index (χ3n) is 3.41. The largest absolute Gasteiger partial charge is 0.297 e. The van der Waals surface area contributed by atoms with Crippen LogP contribution in [0, 0.1) is 5.41 Å². The first kappa shape index (κ1) is 9.67. The zero-order chi connectivity index (χ0) is 10.5. The van der Waals surface area contributed by atoms with Gasteiger partial charge in [-0.25, -0.2) is 4.98 Å². The van der Waals surface area contributed by atoms with E-state index >= 15 is 0 Å². The molecule has 1 atom stereocenters. The molecule has 0 radical (unpaired) electrons. The monoisotopic (exact) mass is 240 g/mol. The van der Waals surface area contributed by atoms with Gasteiger partial charge in [-0.05, 0) is 31.6 Å². The number of nitrogens with zero attached hydrogens (tertiary/aromatic N) is 2. The molecule has 2 aromatic rings. The van der Waals surface area contributed by atoms with Gasteiger partial charge in [0.05, 0.1) is 5.69 Å². The second-order valence-electron chi connectivity index (χ2n) is 4.48. The van der Waals surface area contributed by atoms with Gasteiger partial charge >= 0.3 is 0 Å². The molecule has 2 heterocycles. The van der Waals surface area contributed by atoms with Gasteiger partial charge in [-0.1, -0.05) is 0 Å². The predicted molar refractivity (Wildman–Crippen MR) is 63.8 cm³/mol. The summed E-state index contributed by atoms with van der Waals surface area (Å²) in [4.78, 5) is 5.69. The summed E-state index contributed by atoms with van der Waals surface area (Å²) in [5.41, 5.74) is 1.53. The lowest BCUT2D eigenvalue weighted by atomic mass is 9.97. The maximum Gasteiger partial charge on any atom is 0.193 e. The van der Waals surface area contributed by atoms with Gasteiger partial charge in [0.15, 0.2) is 4.96 Å². The Morgan fingerprint density at radius 1 is 1.67 bits per heavy atom. The van der Waals surface area contributed by atoms with Crippen LogP contribution >= 0.6 is 22.9 Å². The highest BCUT2D eigenvalue weighted by molar-refractivity contribution is 7.15. The molecule has 0 aliphatic heterocycles. The van der Waals surface area contributed by atoms with Crippen molar-refractivity contribution in [1.29, 1.82) is 0 Å². The first-order valence-corrected chi connectivity index (χ1v) is 6.56. The number of alkyl halides is 1. The quantitative estimate of drug-likeness (QED) is 0.753. The Hall–Kier alpha value is -0.540. The fourth-order valence-corrected chi connectivity index (χ4v) is 3.11. The summed E-state index contributed by atoms with van der Waals surface area (Å²) in [6.07, 6.45) is 7.73. The van der Waals surface area contributed by atoms with Crippen LogP contribution in [0.25, 0.3) is 4.96 Å². The highest BCUT2D eigenvalue weighted by Crippen LogP contribution is 2.53. The summed E-state index contributed by atoms with van der Waals surface area (Å²) in [7, 11) is 0. The molecule has 1 unspecified atom stereocenters. The van der Waals surface area contributed by atoms with Crippen molar-refractivity contribution in [3.63, 3.8) is 0 Å². The van der Waals surface area contributed by atoms with E-state index in [0.29, 0.717) is 5.41 Å². The van der Waals surface area contributed by atoms with Gasteiger partial charge in [-0.3, -0.25) is 4.40 Å². The summed E-state index contributed by atoms with van der Waals surface area (Å²) in [5, 5.41) is 2.32. The average molecular weight is 241 g/mol. The number of aromatic nitrogens is 2. The fourth-order valence-electron chi connectivity index (χ4n) is 2.10. The van der Waals surface area contributed by atoms with E-state index in [0.717, 1.165) is 11.4 Å². The SMILES string of the molecule is CC(Cl)C1(Cc2cn3ccsc3n2)CC1. The number of fused-ring (bicyclic) bond motifs is 1. The molecule has 1 saturated carbocycles. The summed E-state index contributed by atoms with van der Waals surface area (Å²) in [6.45, 7) is 2.10. The van der Waals surface area contributed by atoms with Crippen molar-refractivity contribution < 1.29 is 0 Å². The number of rotatable bonds is 3. The second-order valence-corrected chi connectivity index (χ2v) is 6.01. The normalized spacial score (nSPS) is 20.7. The third kappa shape index (κ3) is 1.58. The number of hydrogen-bond donors (Lipinski definition) is 0. The van der Waals surface area contributed by atoms with Crippen molar-refractivity contribution in [1.82, 2.24) is 9.38 Å². The molecule has 0 saturated heterocycles. The third-order valence-corrected chi connectivity index (χ3v) is 4.65. The zero-order valence-corrected chi connectivity index (χ0v) is 10.2. The van der Waals surface area contributed by atoms with E-state index in [-0.39, 0.29) is 5.38 Å². The van der Waals surface area contributed by atoms with Crippen LogP contribution in [0.5, 0.6) is 0 Å². The number of thiazole rings is 1. The summed E-state index contributed by atoms with van der Waals surface area (Å²) < 4.78 is 2.09. The van der Waals surface area contributed by atoms with Crippen LogP contribution in [0.4, 0.5) is 0 Å². The standard InChI is InChI=1S/C11H13ClN2S/c1-8(12)11(2-3-11)6-9-7-14-4-5-15-10(14)13-9/h4-5,7-8H,2-3,6H2,1H3. The van der Waals surface area contributed by atoms with Crippen molar-refractivity contribution in [2.75, 3.05) is 0 Å². The molecule has 3 rings (SSSR count). The smallest absolute Gasteiger partial charge is 0.193 e. The zero-order valence-electron chi connectivity index (χ0n) is 8.61. The lowest BCUT2D eigenvalue weighted by Gasteiger charge is -2.15. The average Bonchev–Trinajstić information content (AvgIpc) is 2.64. The lowest BCUT2D eigenvalue weighted by Crippen LogP contribution is -2.15. The van der Waals surface area contributed by atoms with Crippen molar-refractivity contribution in [3.05, 3.63) is 23.5 Å². The lowest BCUT2D eigenvalue weighted by molar-refractivity contribution is 0.491. The Morgan fingerprint density at radius 3 is 3.07 bits per heavy atom. The highest BCUT2D eigenvalue weighted by Gasteiger charge is 2.46. The summed E-state index contributed by atoms with van der Waals surface area (Å²) in [5.74, 6) is 0. The van der Waals surface area contributed by atoms with Crippen LogP contribution < -0.4 is 0 Å². The van der Waals surface area contributed by atoms with Gasteiger partial charge < -0.3 is 0 Å². The highest BCUT2D eigenvalue weighted by atomic mass is 35.5. The van der Waals surface area contributed by atoms with Gasteiger partial charge in [-0.2, -0.15) is 0 Å². The van der Waals surface area contributed by atoms with Crippen LogP contribution in [0.1, 0.15) is 25.5 Å².